The van der Waals surface area contributed by atoms with Crippen molar-refractivity contribution in [1.29, 1.82) is 0 Å². The lowest BCUT2D eigenvalue weighted by molar-refractivity contribution is -0.123. The monoisotopic (exact) mass is 672 g/mol. The molecule has 3 fully saturated rings. The number of anilines is 1. The zero-order valence-corrected chi connectivity index (χ0v) is 29.2. The molecule has 0 radical (unpaired) electrons. The van der Waals surface area contributed by atoms with Gasteiger partial charge in [0.25, 0.3) is 0 Å². The van der Waals surface area contributed by atoms with E-state index in [2.05, 4.69) is 69.7 Å². The molecule has 0 saturated heterocycles. The van der Waals surface area contributed by atoms with E-state index in [1.807, 2.05) is 6.20 Å². The van der Waals surface area contributed by atoms with Crippen molar-refractivity contribution in [3.8, 4) is 16.2 Å². The Morgan fingerprint density at radius 1 is 0.917 bits per heavy atom. The quantitative estimate of drug-likeness (QED) is 0.221. The second kappa shape index (κ2) is 15.5. The van der Waals surface area contributed by atoms with Crippen molar-refractivity contribution in [1.82, 2.24) is 15.6 Å². The number of hydrogen-bond acceptors (Lipinski definition) is 7. The van der Waals surface area contributed by atoms with Crippen molar-refractivity contribution < 1.29 is 23.9 Å². The first-order valence-corrected chi connectivity index (χ1v) is 18.3. The number of alkyl carbamates (subject to hydrolysis) is 1. The molecule has 0 spiro atoms. The summed E-state index contributed by atoms with van der Waals surface area (Å²) in [4.78, 5) is 46.0. The Hall–Kier alpha value is -3.92. The van der Waals surface area contributed by atoms with Gasteiger partial charge in [-0.2, -0.15) is 0 Å². The fraction of sp³-hybridized carbons (Fsp3) is 0.526. The standard InChI is InChI=1S/C38H48N4O5S/c1-24-19-29(15-18-33(24)46-2)26-9-7-25(8-10-26)23-42(32-6-4-5-30(20-32)34-21-39-36(48-34)27-11-12-27)37(44)28-13-16-31(17-14-28)41-35(43)22-40-38(45)47-3/h4-6,15,18-21,25-28,31H,7-14,16-17,22-23H2,1-3H3,(H,40,45)(H,41,43)/t25-,26-,28-,31-. The average Bonchev–Trinajstić information content (AvgIpc) is 3.85. The zero-order valence-electron chi connectivity index (χ0n) is 28.3. The molecule has 1 heterocycles. The fourth-order valence-electron chi connectivity index (χ4n) is 7.39. The number of methoxy groups -OCH3 is 2. The maximum Gasteiger partial charge on any atom is 0.407 e. The Bertz CT molecular complexity index is 1590. The Kier molecular flexibility index (Phi) is 11.0. The summed E-state index contributed by atoms with van der Waals surface area (Å²) in [5.74, 6) is 2.33. The van der Waals surface area contributed by atoms with E-state index in [4.69, 9.17) is 9.72 Å². The number of nitrogens with zero attached hydrogens (tertiary/aromatic N) is 2. The summed E-state index contributed by atoms with van der Waals surface area (Å²) in [7, 11) is 2.99. The molecule has 2 N–H and O–H groups in total. The molecule has 0 atom stereocenters. The van der Waals surface area contributed by atoms with Crippen molar-refractivity contribution in [3.05, 3.63) is 64.8 Å². The van der Waals surface area contributed by atoms with Gasteiger partial charge in [-0.15, -0.1) is 11.3 Å². The van der Waals surface area contributed by atoms with Gasteiger partial charge >= 0.3 is 6.09 Å². The van der Waals surface area contributed by atoms with Crippen molar-refractivity contribution in [3.63, 3.8) is 0 Å². The van der Waals surface area contributed by atoms with E-state index >= 15 is 0 Å². The molecule has 3 aliphatic rings. The molecule has 3 aromatic rings. The highest BCUT2D eigenvalue weighted by molar-refractivity contribution is 7.15. The van der Waals surface area contributed by atoms with Gasteiger partial charge in [0, 0.05) is 36.3 Å². The van der Waals surface area contributed by atoms with Crippen LogP contribution in [0.4, 0.5) is 10.5 Å². The van der Waals surface area contributed by atoms with E-state index in [1.165, 1.54) is 36.1 Å². The lowest BCUT2D eigenvalue weighted by atomic mass is 9.78. The molecule has 2 aromatic carbocycles. The maximum absolute atomic E-state index is 14.4. The van der Waals surface area contributed by atoms with Crippen molar-refractivity contribution in [2.24, 2.45) is 11.8 Å². The van der Waals surface area contributed by atoms with Crippen molar-refractivity contribution in [2.75, 3.05) is 32.2 Å². The van der Waals surface area contributed by atoms with Gasteiger partial charge in [-0.25, -0.2) is 9.78 Å². The number of carbonyl (C=O) groups is 3. The predicted molar refractivity (Wildman–Crippen MR) is 189 cm³/mol. The van der Waals surface area contributed by atoms with E-state index < -0.39 is 6.09 Å². The minimum atomic E-state index is -0.633. The Morgan fingerprint density at radius 2 is 1.67 bits per heavy atom. The molecule has 0 aliphatic heterocycles. The van der Waals surface area contributed by atoms with Gasteiger partial charge in [0.05, 0.1) is 24.1 Å². The number of thiazole rings is 1. The van der Waals surface area contributed by atoms with Crippen LogP contribution in [0, 0.1) is 18.8 Å². The first-order valence-electron chi connectivity index (χ1n) is 17.4. The second-order valence-corrected chi connectivity index (χ2v) is 14.8. The molecule has 0 bridgehead atoms. The van der Waals surface area contributed by atoms with E-state index in [0.717, 1.165) is 60.4 Å². The van der Waals surface area contributed by atoms with Crippen molar-refractivity contribution >= 4 is 34.9 Å². The summed E-state index contributed by atoms with van der Waals surface area (Å²) in [6.45, 7) is 2.69. The molecule has 3 aliphatic carbocycles. The Labute approximate surface area is 287 Å². The minimum Gasteiger partial charge on any atom is -0.496 e. The minimum absolute atomic E-state index is 0.0124. The summed E-state index contributed by atoms with van der Waals surface area (Å²) in [6.07, 6.45) is 11.1. The molecular weight excluding hydrogens is 625 g/mol. The molecule has 10 heteroatoms. The molecule has 48 heavy (non-hydrogen) atoms. The van der Waals surface area contributed by atoms with Crippen LogP contribution in [0.5, 0.6) is 5.75 Å². The van der Waals surface area contributed by atoms with Crippen LogP contribution in [0.3, 0.4) is 0 Å². The number of rotatable bonds is 11. The van der Waals surface area contributed by atoms with Crippen LogP contribution < -0.4 is 20.3 Å². The highest BCUT2D eigenvalue weighted by atomic mass is 32.1. The topological polar surface area (TPSA) is 110 Å². The van der Waals surface area contributed by atoms with E-state index in [0.29, 0.717) is 37.1 Å². The molecule has 0 unspecified atom stereocenters. The fourth-order valence-corrected chi connectivity index (χ4v) is 8.47. The molecule has 3 amide bonds. The lowest BCUT2D eigenvalue weighted by Crippen LogP contribution is -2.46. The van der Waals surface area contributed by atoms with Crippen LogP contribution in [-0.2, 0) is 14.3 Å². The largest absolute Gasteiger partial charge is 0.496 e. The third-order valence-electron chi connectivity index (χ3n) is 10.4. The van der Waals surface area contributed by atoms with Gasteiger partial charge in [-0.3, -0.25) is 9.59 Å². The molecule has 9 nitrogen and oxygen atoms in total. The summed E-state index contributed by atoms with van der Waals surface area (Å²) in [5.41, 5.74) is 4.62. The summed E-state index contributed by atoms with van der Waals surface area (Å²) in [5, 5.41) is 6.65. The van der Waals surface area contributed by atoms with Crippen LogP contribution in [0.25, 0.3) is 10.4 Å². The highest BCUT2D eigenvalue weighted by Crippen LogP contribution is 2.44. The Balaban J connectivity index is 1.13. The third kappa shape index (κ3) is 8.38. The van der Waals surface area contributed by atoms with Crippen LogP contribution >= 0.6 is 11.3 Å². The number of amides is 3. The third-order valence-corrected chi connectivity index (χ3v) is 11.6. The first kappa shape index (κ1) is 34.0. The number of benzene rings is 2. The van der Waals surface area contributed by atoms with Gasteiger partial charge in [0.2, 0.25) is 11.8 Å². The van der Waals surface area contributed by atoms with Gasteiger partial charge in [0.15, 0.2) is 0 Å². The number of hydrogen-bond donors (Lipinski definition) is 2. The zero-order chi connectivity index (χ0) is 33.6. The molecule has 6 rings (SSSR count). The van der Waals surface area contributed by atoms with E-state index in [9.17, 15) is 14.4 Å². The summed E-state index contributed by atoms with van der Waals surface area (Å²) >= 11 is 1.77. The predicted octanol–water partition coefficient (Wildman–Crippen LogP) is 7.34. The lowest BCUT2D eigenvalue weighted by Gasteiger charge is -2.36. The SMILES string of the molecule is COC(=O)NCC(=O)N[C@H]1CC[C@H](C(=O)N(C[C@H]2CC[C@H](c3ccc(OC)c(C)c3)CC2)c2cccc(-c3cnc(C4CC4)s3)c2)CC1. The molecule has 1 aromatic heterocycles. The molecule has 3 saturated carbocycles. The van der Waals surface area contributed by atoms with Gasteiger partial charge in [-0.1, -0.05) is 24.3 Å². The number of aromatic nitrogens is 1. The number of nitrogens with one attached hydrogen (secondary N) is 2. The van der Waals surface area contributed by atoms with Crippen LogP contribution in [0.2, 0.25) is 0 Å². The van der Waals surface area contributed by atoms with E-state index in [1.54, 1.807) is 18.4 Å². The number of carbonyl (C=O) groups excluding carboxylic acids is 3. The van der Waals surface area contributed by atoms with Crippen LogP contribution in [0.15, 0.2) is 48.7 Å². The first-order chi connectivity index (χ1) is 23.3. The van der Waals surface area contributed by atoms with Crippen LogP contribution in [-0.4, -0.2) is 56.2 Å². The summed E-state index contributed by atoms with van der Waals surface area (Å²) < 4.78 is 10.0. The number of aryl methyl sites for hydroxylation is 1. The highest BCUT2D eigenvalue weighted by Gasteiger charge is 2.33. The van der Waals surface area contributed by atoms with Gasteiger partial charge < -0.3 is 25.0 Å². The summed E-state index contributed by atoms with van der Waals surface area (Å²) in [6, 6.07) is 15.0. The van der Waals surface area contributed by atoms with E-state index in [-0.39, 0.29) is 30.3 Å². The normalized spacial score (nSPS) is 22.4. The molecule has 256 valence electrons. The van der Waals surface area contributed by atoms with Gasteiger partial charge in [0.1, 0.15) is 12.3 Å². The second-order valence-electron chi connectivity index (χ2n) is 13.7. The van der Waals surface area contributed by atoms with Gasteiger partial charge in [-0.05, 0) is 118 Å². The van der Waals surface area contributed by atoms with Crippen molar-refractivity contribution in [2.45, 2.75) is 89.0 Å². The molecular formula is C38H48N4O5S. The smallest absolute Gasteiger partial charge is 0.407 e. The number of ether oxygens (including phenoxy) is 2. The maximum atomic E-state index is 14.4. The average molecular weight is 673 g/mol. The Morgan fingerprint density at radius 3 is 2.35 bits per heavy atom. The van der Waals surface area contributed by atoms with Crippen LogP contribution in [0.1, 0.15) is 92.2 Å².